The summed E-state index contributed by atoms with van der Waals surface area (Å²) in [6, 6.07) is 8.63. The van der Waals surface area contributed by atoms with E-state index >= 15 is 4.79 Å². The highest BCUT2D eigenvalue weighted by atomic mass is 16.6. The zero-order valence-electron chi connectivity index (χ0n) is 40.0. The van der Waals surface area contributed by atoms with Crippen LogP contribution >= 0.6 is 0 Å². The molecule has 0 unspecified atom stereocenters. The first-order valence-corrected chi connectivity index (χ1v) is 25.4. The van der Waals surface area contributed by atoms with Crippen LogP contribution in [-0.2, 0) is 48.2 Å². The first-order chi connectivity index (χ1) is 33.7. The Morgan fingerprint density at radius 2 is 1.77 bits per heavy atom. The van der Waals surface area contributed by atoms with Gasteiger partial charge >= 0.3 is 5.97 Å². The van der Waals surface area contributed by atoms with Crippen molar-refractivity contribution in [3.05, 3.63) is 120 Å². The Bertz CT molecular complexity index is 3110. The van der Waals surface area contributed by atoms with Gasteiger partial charge in [-0.25, -0.2) is 14.8 Å². The van der Waals surface area contributed by atoms with Crippen LogP contribution in [0.2, 0.25) is 0 Å². The van der Waals surface area contributed by atoms with Gasteiger partial charge in [-0.1, -0.05) is 11.6 Å². The van der Waals surface area contributed by atoms with Gasteiger partial charge in [0.05, 0.1) is 17.8 Å². The molecule has 1 fully saturated rings. The number of ether oxygens (including phenoxy) is 2. The fourth-order valence-corrected chi connectivity index (χ4v) is 14.9. The van der Waals surface area contributed by atoms with E-state index in [0.717, 1.165) is 78.2 Å². The second-order valence-electron chi connectivity index (χ2n) is 21.8. The zero-order valence-corrected chi connectivity index (χ0v) is 40.0. The number of nitrogens with zero attached hydrogens (tertiary/aromatic N) is 2. The molecule has 3 aliphatic heterocycles. The third kappa shape index (κ3) is 6.68. The number of hydrogen-bond donors (Lipinski definition) is 7. The number of rotatable bonds is 4. The van der Waals surface area contributed by atoms with Crippen LogP contribution in [0.25, 0.3) is 11.0 Å². The van der Waals surface area contributed by atoms with Crippen molar-refractivity contribution < 1.29 is 44.2 Å². The van der Waals surface area contributed by atoms with Crippen LogP contribution < -0.4 is 21.2 Å². The maximum Gasteiger partial charge on any atom is 0.337 e. The number of fused-ring (bicyclic) bond motifs is 12. The van der Waals surface area contributed by atoms with E-state index in [1.54, 1.807) is 18.3 Å². The molecule has 0 saturated heterocycles. The van der Waals surface area contributed by atoms with Gasteiger partial charge in [-0.15, -0.1) is 0 Å². The lowest BCUT2D eigenvalue weighted by molar-refractivity contribution is -0.171. The van der Waals surface area contributed by atoms with Gasteiger partial charge in [-0.05, 0) is 167 Å². The third-order valence-electron chi connectivity index (χ3n) is 18.2. The number of aromatic nitrogens is 2. The molecule has 8 N–H and O–H groups in total. The molecular weight excluding hydrogens is 889 g/mol. The van der Waals surface area contributed by atoms with Gasteiger partial charge in [-0.2, -0.15) is 0 Å². The molecule has 10 atom stereocenters. The van der Waals surface area contributed by atoms with Crippen molar-refractivity contribution in [3.8, 4) is 17.2 Å². The van der Waals surface area contributed by atoms with Crippen molar-refractivity contribution in [3.63, 3.8) is 0 Å². The molecule has 4 aliphatic carbocycles. The Hall–Kier alpha value is -5.96. The van der Waals surface area contributed by atoms with Crippen molar-refractivity contribution in [2.75, 3.05) is 17.7 Å². The maximum absolute atomic E-state index is 15.2. The molecule has 5 aromatic rings. The number of nitrogen functional groups attached to an aromatic ring is 1. The van der Waals surface area contributed by atoms with Gasteiger partial charge in [0.2, 0.25) is 0 Å². The monoisotopic (exact) mass is 950 g/mol. The van der Waals surface area contributed by atoms with Gasteiger partial charge in [0.25, 0.3) is 0 Å². The van der Waals surface area contributed by atoms with Crippen molar-refractivity contribution in [2.45, 2.75) is 152 Å². The molecule has 1 saturated carbocycles. The molecule has 0 radical (unpaired) electrons. The number of allylic oxidation sites excluding steroid dienone is 1. The summed E-state index contributed by atoms with van der Waals surface area (Å²) in [5.74, 6) is -2.25. The summed E-state index contributed by atoms with van der Waals surface area (Å²) in [6.07, 6.45) is 10.9. The molecule has 4 bridgehead atoms. The average Bonchev–Trinajstić information content (AvgIpc) is 3.63. The summed E-state index contributed by atoms with van der Waals surface area (Å²) in [5.41, 5.74) is 12.3. The van der Waals surface area contributed by atoms with E-state index in [1.165, 1.54) is 11.1 Å². The summed E-state index contributed by atoms with van der Waals surface area (Å²) in [4.78, 5) is 39.5. The predicted molar refractivity (Wildman–Crippen MR) is 261 cm³/mol. The molecule has 14 nitrogen and oxygen atoms in total. The van der Waals surface area contributed by atoms with Crippen LogP contribution in [0.4, 0.5) is 11.6 Å². The minimum absolute atomic E-state index is 0.0185. The number of nitrogens with two attached hydrogens (primary N) is 1. The molecule has 12 rings (SSSR count). The fraction of sp³-hybridized carbons (Fsp3) is 0.500. The minimum atomic E-state index is -1.37. The molecule has 0 spiro atoms. The number of benzene rings is 2. The standard InChI is InChI=1S/C56H62N4O10/c1-26-6-10-30-5-4-17-56(30,67)48(26)54(66)69-43-22-39-49(65)46-42(64)21-32(24-61)68-51(46)47-44-37-16-18-58-52(57)45(37)35(13-9-28-8-11-31(63)20-38(28)40(44)25-62)34-15-14-33-29(19-41(34)55(43,3)70-50(39)47)23-59-53-36(33)12-7-27(2)60-53/h8,11,16,18,20-21,23,27,30,34-35,40-41,43-44,61-63,65,67H,4-7,9-10,12-15,17,19,22,24-25H2,1-3H3,(H2,57,58)(H,59,60)/t27-,30-,34+,35+,40+,41+,43-,44+,55+,56+/m1/s1. The molecule has 6 heterocycles. The number of carbonyl (C=O) groups excluding carboxylic acids is 1. The third-order valence-corrected chi connectivity index (χ3v) is 18.2. The molecule has 3 aromatic heterocycles. The summed E-state index contributed by atoms with van der Waals surface area (Å²) in [7, 11) is 0. The molecular formula is C56H62N4O10. The predicted octanol–water partition coefficient (Wildman–Crippen LogP) is 7.43. The van der Waals surface area contributed by atoms with E-state index in [1.807, 2.05) is 32.2 Å². The van der Waals surface area contributed by atoms with Crippen molar-refractivity contribution in [1.82, 2.24) is 9.97 Å². The highest BCUT2D eigenvalue weighted by molar-refractivity contribution is 5.93. The lowest BCUT2D eigenvalue weighted by Gasteiger charge is -2.52. The Morgan fingerprint density at radius 1 is 0.943 bits per heavy atom. The molecule has 366 valence electrons. The normalized spacial score (nSPS) is 30.7. The van der Waals surface area contributed by atoms with Gasteiger partial charge in [0, 0.05) is 65.4 Å². The minimum Gasteiger partial charge on any atom is -0.508 e. The Morgan fingerprint density at radius 3 is 2.59 bits per heavy atom. The number of phenolic OH excluding ortho intramolecular Hbond substituents is 2. The topological polar surface area (TPSA) is 231 Å². The Balaban J connectivity index is 1.18. The quantitative estimate of drug-likeness (QED) is 0.0869. The van der Waals surface area contributed by atoms with E-state index in [2.05, 4.69) is 12.2 Å². The van der Waals surface area contributed by atoms with Crippen LogP contribution in [0, 0.1) is 17.8 Å². The molecule has 7 aliphatic rings. The van der Waals surface area contributed by atoms with Gasteiger partial charge < -0.3 is 50.5 Å². The Labute approximate surface area is 406 Å². The molecule has 14 heteroatoms. The van der Waals surface area contributed by atoms with Crippen LogP contribution in [0.1, 0.15) is 146 Å². The number of aromatic hydroxyl groups is 2. The number of nitrogens with one attached hydrogen (secondary N) is 1. The molecule has 70 heavy (non-hydrogen) atoms. The van der Waals surface area contributed by atoms with Crippen molar-refractivity contribution >= 4 is 28.6 Å². The van der Waals surface area contributed by atoms with Gasteiger partial charge in [0.15, 0.2) is 5.43 Å². The summed E-state index contributed by atoms with van der Waals surface area (Å²) >= 11 is 0. The summed E-state index contributed by atoms with van der Waals surface area (Å²) in [6.45, 7) is 5.05. The van der Waals surface area contributed by atoms with Gasteiger partial charge in [-0.3, -0.25) is 4.79 Å². The van der Waals surface area contributed by atoms with Gasteiger partial charge in [0.1, 0.15) is 63.9 Å². The van der Waals surface area contributed by atoms with Crippen LogP contribution in [-0.4, -0.2) is 71.4 Å². The SMILES string of the molecule is CC1=C(C(=O)O[C@@H]2Cc3c4c(c5oc(CO)cc(=O)c5c3O)[C@H]3c5ccnc(N)c5[C@@H](CCc5ccc(O)cc5[C@@H]3CO)[C@@H]3CCc5c(cnc6c5CC[C@@H](C)N6)C[C@@H]3[C@]2(C)O4)[C@]2(O)CCC[C@@H]2CC1. The van der Waals surface area contributed by atoms with Crippen molar-refractivity contribution in [1.29, 1.82) is 0 Å². The van der Waals surface area contributed by atoms with Crippen LogP contribution in [0.15, 0.2) is 63.1 Å². The number of aliphatic hydroxyl groups excluding tert-OH is 2. The molecule has 0 amide bonds. The Kier molecular flexibility index (Phi) is 10.7. The van der Waals surface area contributed by atoms with E-state index in [0.29, 0.717) is 61.0 Å². The average molecular weight is 951 g/mol. The van der Waals surface area contributed by atoms with Crippen molar-refractivity contribution in [2.24, 2.45) is 17.8 Å². The largest absolute Gasteiger partial charge is 0.508 e. The zero-order chi connectivity index (χ0) is 48.5. The highest BCUT2D eigenvalue weighted by Gasteiger charge is 2.58. The van der Waals surface area contributed by atoms with E-state index < -0.39 is 65.4 Å². The lowest BCUT2D eigenvalue weighted by atomic mass is 9.62. The number of anilines is 2. The second-order valence-corrected chi connectivity index (χ2v) is 21.8. The summed E-state index contributed by atoms with van der Waals surface area (Å²) < 4.78 is 21.3. The number of hydrogen-bond acceptors (Lipinski definition) is 14. The van der Waals surface area contributed by atoms with Crippen LogP contribution in [0.5, 0.6) is 17.2 Å². The smallest absolute Gasteiger partial charge is 0.337 e. The number of phenols is 2. The maximum atomic E-state index is 15.2. The lowest BCUT2D eigenvalue weighted by Crippen LogP contribution is -2.59. The molecule has 2 aromatic carbocycles. The van der Waals surface area contributed by atoms with E-state index in [9.17, 15) is 30.3 Å². The number of esters is 1. The fourth-order valence-electron chi connectivity index (χ4n) is 14.9. The first kappa shape index (κ1) is 45.2. The number of aryl methyl sites for hydroxylation is 1. The first-order valence-electron chi connectivity index (χ1n) is 25.4. The van der Waals surface area contributed by atoms with E-state index in [4.69, 9.17) is 29.6 Å². The van der Waals surface area contributed by atoms with E-state index in [-0.39, 0.29) is 64.0 Å². The number of aliphatic hydroxyl groups is 3. The second kappa shape index (κ2) is 16.6. The number of pyridine rings is 2. The number of carbonyl (C=O) groups is 1. The highest BCUT2D eigenvalue weighted by Crippen LogP contribution is 2.61. The van der Waals surface area contributed by atoms with Crippen LogP contribution in [0.3, 0.4) is 0 Å². The summed E-state index contributed by atoms with van der Waals surface area (Å²) in [5, 5.41) is 62.2.